The summed E-state index contributed by atoms with van der Waals surface area (Å²) in [4.78, 5) is 0. The molecular formula is C17H17Br2N. The fourth-order valence-corrected chi connectivity index (χ4v) is 4.10. The van der Waals surface area contributed by atoms with E-state index in [0.29, 0.717) is 5.92 Å². The Labute approximate surface area is 136 Å². The Hall–Kier alpha value is -0.640. The van der Waals surface area contributed by atoms with Gasteiger partial charge in [-0.3, -0.25) is 0 Å². The number of hydrogen-bond donors (Lipinski definition) is 1. The molecule has 2 aromatic rings. The molecule has 1 aliphatic rings. The minimum atomic E-state index is -0.0747. The van der Waals surface area contributed by atoms with E-state index in [2.05, 4.69) is 68.3 Å². The fourth-order valence-electron chi connectivity index (χ4n) is 2.81. The van der Waals surface area contributed by atoms with E-state index in [0.717, 1.165) is 14.5 Å². The summed E-state index contributed by atoms with van der Waals surface area (Å²) in [5.41, 5.74) is 10.4. The van der Waals surface area contributed by atoms with Gasteiger partial charge in [-0.15, -0.1) is 0 Å². The molecule has 2 aromatic carbocycles. The predicted octanol–water partition coefficient (Wildman–Crippen LogP) is 5.53. The van der Waals surface area contributed by atoms with Crippen molar-refractivity contribution in [3.63, 3.8) is 0 Å². The lowest BCUT2D eigenvalue weighted by Crippen LogP contribution is -2.18. The first kappa shape index (κ1) is 14.3. The molecule has 0 saturated heterocycles. The molecule has 0 aliphatic heterocycles. The maximum atomic E-state index is 6.54. The molecule has 0 bridgehead atoms. The van der Waals surface area contributed by atoms with Crippen LogP contribution in [0, 0.1) is 0 Å². The van der Waals surface area contributed by atoms with Crippen LogP contribution >= 0.6 is 31.9 Å². The van der Waals surface area contributed by atoms with Crippen molar-refractivity contribution >= 4 is 31.9 Å². The lowest BCUT2D eigenvalue weighted by atomic mass is 9.76. The minimum Gasteiger partial charge on any atom is -0.320 e. The molecule has 0 heterocycles. The molecule has 1 nitrogen and oxygen atoms in total. The highest BCUT2D eigenvalue weighted by atomic mass is 79.9. The van der Waals surface area contributed by atoms with Crippen molar-refractivity contribution in [3.8, 4) is 0 Å². The zero-order chi connectivity index (χ0) is 14.1. The Balaban J connectivity index is 1.99. The van der Waals surface area contributed by atoms with Crippen LogP contribution in [0.5, 0.6) is 0 Å². The zero-order valence-corrected chi connectivity index (χ0v) is 14.3. The highest BCUT2D eigenvalue weighted by Gasteiger charge is 2.24. The Morgan fingerprint density at radius 2 is 1.75 bits per heavy atom. The lowest BCUT2D eigenvalue weighted by Gasteiger charge is -2.30. The molecule has 0 radical (unpaired) electrons. The van der Waals surface area contributed by atoms with E-state index < -0.39 is 0 Å². The normalized spacial score (nSPS) is 16.8. The quantitative estimate of drug-likeness (QED) is 0.727. The van der Waals surface area contributed by atoms with Gasteiger partial charge < -0.3 is 5.73 Å². The van der Waals surface area contributed by atoms with Crippen molar-refractivity contribution in [3.05, 3.63) is 68.1 Å². The van der Waals surface area contributed by atoms with Crippen LogP contribution in [0.4, 0.5) is 0 Å². The zero-order valence-electron chi connectivity index (χ0n) is 11.2. The summed E-state index contributed by atoms with van der Waals surface area (Å²) in [7, 11) is 0. The molecule has 1 aliphatic carbocycles. The van der Waals surface area contributed by atoms with Crippen molar-refractivity contribution in [2.24, 2.45) is 5.73 Å². The first-order valence-corrected chi connectivity index (χ1v) is 8.55. The van der Waals surface area contributed by atoms with Gasteiger partial charge in [-0.25, -0.2) is 0 Å². The average Bonchev–Trinajstić information content (AvgIpc) is 2.37. The van der Waals surface area contributed by atoms with E-state index in [1.54, 1.807) is 0 Å². The third-order valence-corrected chi connectivity index (χ3v) is 5.35. The second-order valence-electron chi connectivity index (χ2n) is 5.40. The van der Waals surface area contributed by atoms with Gasteiger partial charge in [-0.2, -0.15) is 0 Å². The minimum absolute atomic E-state index is 0.0747. The topological polar surface area (TPSA) is 26.0 Å². The Bertz CT molecular complexity index is 620. The van der Waals surface area contributed by atoms with E-state index in [4.69, 9.17) is 5.73 Å². The summed E-state index contributed by atoms with van der Waals surface area (Å²) >= 11 is 7.12. The first-order valence-electron chi connectivity index (χ1n) is 6.96. The Kier molecular flexibility index (Phi) is 4.29. The molecule has 2 N–H and O–H groups in total. The summed E-state index contributed by atoms with van der Waals surface area (Å²) in [5, 5.41) is 0. The first-order chi connectivity index (χ1) is 9.66. The molecule has 3 heteroatoms. The summed E-state index contributed by atoms with van der Waals surface area (Å²) < 4.78 is 2.12. The molecule has 1 saturated carbocycles. The third kappa shape index (κ3) is 2.72. The van der Waals surface area contributed by atoms with Crippen LogP contribution in [0.1, 0.15) is 47.9 Å². The van der Waals surface area contributed by atoms with Crippen LogP contribution in [0.3, 0.4) is 0 Å². The average molecular weight is 395 g/mol. The second-order valence-corrected chi connectivity index (χ2v) is 7.17. The van der Waals surface area contributed by atoms with Gasteiger partial charge in [-0.05, 0) is 47.6 Å². The number of rotatable bonds is 3. The smallest absolute Gasteiger partial charge is 0.0565 e. The van der Waals surface area contributed by atoms with Gasteiger partial charge >= 0.3 is 0 Å². The van der Waals surface area contributed by atoms with Gasteiger partial charge in [0.25, 0.3) is 0 Å². The summed E-state index contributed by atoms with van der Waals surface area (Å²) in [5.74, 6) is 0.700. The summed E-state index contributed by atoms with van der Waals surface area (Å²) in [6.07, 6.45) is 3.94. The maximum absolute atomic E-state index is 6.54. The van der Waals surface area contributed by atoms with Gasteiger partial charge in [0.2, 0.25) is 0 Å². The van der Waals surface area contributed by atoms with E-state index >= 15 is 0 Å². The predicted molar refractivity (Wildman–Crippen MR) is 90.9 cm³/mol. The molecule has 0 amide bonds. The number of hydrogen-bond acceptors (Lipinski definition) is 1. The van der Waals surface area contributed by atoms with Gasteiger partial charge in [0.15, 0.2) is 0 Å². The molecule has 1 atom stereocenters. The van der Waals surface area contributed by atoms with E-state index in [1.807, 2.05) is 6.07 Å². The Morgan fingerprint density at radius 3 is 2.40 bits per heavy atom. The fraction of sp³-hybridized carbons (Fsp3) is 0.294. The van der Waals surface area contributed by atoms with Gasteiger partial charge in [0.1, 0.15) is 0 Å². The SMILES string of the molecule is NC(c1ccc(Br)cc1Br)c1ccccc1C1CCC1. The van der Waals surface area contributed by atoms with Crippen LogP contribution in [0.2, 0.25) is 0 Å². The van der Waals surface area contributed by atoms with Crippen molar-refractivity contribution in [2.45, 2.75) is 31.2 Å². The molecule has 0 aromatic heterocycles. The molecule has 104 valence electrons. The van der Waals surface area contributed by atoms with Crippen LogP contribution in [0.25, 0.3) is 0 Å². The molecule has 20 heavy (non-hydrogen) atoms. The number of benzene rings is 2. The molecule has 1 fully saturated rings. The van der Waals surface area contributed by atoms with E-state index in [1.165, 1.54) is 30.4 Å². The van der Waals surface area contributed by atoms with Crippen molar-refractivity contribution in [1.82, 2.24) is 0 Å². The third-order valence-electron chi connectivity index (χ3n) is 4.17. The van der Waals surface area contributed by atoms with Gasteiger partial charge in [0.05, 0.1) is 6.04 Å². The van der Waals surface area contributed by atoms with E-state index in [9.17, 15) is 0 Å². The molecular weight excluding hydrogens is 378 g/mol. The number of nitrogens with two attached hydrogens (primary N) is 1. The largest absolute Gasteiger partial charge is 0.320 e. The highest BCUT2D eigenvalue weighted by molar-refractivity contribution is 9.11. The molecule has 3 rings (SSSR count). The number of halogens is 2. The lowest BCUT2D eigenvalue weighted by molar-refractivity contribution is 0.416. The maximum Gasteiger partial charge on any atom is 0.0565 e. The van der Waals surface area contributed by atoms with E-state index in [-0.39, 0.29) is 6.04 Å². The highest BCUT2D eigenvalue weighted by Crippen LogP contribution is 2.41. The molecule has 0 spiro atoms. The van der Waals surface area contributed by atoms with Crippen molar-refractivity contribution in [1.29, 1.82) is 0 Å². The van der Waals surface area contributed by atoms with Crippen LogP contribution < -0.4 is 5.73 Å². The second kappa shape index (κ2) is 6.00. The molecule has 1 unspecified atom stereocenters. The van der Waals surface area contributed by atoms with Crippen molar-refractivity contribution < 1.29 is 0 Å². The summed E-state index contributed by atoms with van der Waals surface area (Å²) in [6.45, 7) is 0. The standard InChI is InChI=1S/C17H17Br2N/c18-12-8-9-15(16(19)10-12)17(20)14-7-2-1-6-13(14)11-4-3-5-11/h1-2,6-11,17H,3-5,20H2. The Morgan fingerprint density at radius 1 is 1.00 bits per heavy atom. The van der Waals surface area contributed by atoms with Crippen LogP contribution in [0.15, 0.2) is 51.4 Å². The van der Waals surface area contributed by atoms with Crippen LogP contribution in [-0.2, 0) is 0 Å². The van der Waals surface area contributed by atoms with Gasteiger partial charge in [-0.1, -0.05) is 68.6 Å². The van der Waals surface area contributed by atoms with Gasteiger partial charge in [0, 0.05) is 8.95 Å². The van der Waals surface area contributed by atoms with Crippen LogP contribution in [-0.4, -0.2) is 0 Å². The van der Waals surface area contributed by atoms with Crippen molar-refractivity contribution in [2.75, 3.05) is 0 Å². The summed E-state index contributed by atoms with van der Waals surface area (Å²) in [6, 6.07) is 14.8. The monoisotopic (exact) mass is 393 g/mol.